The lowest BCUT2D eigenvalue weighted by Gasteiger charge is -2.17. The van der Waals surface area contributed by atoms with Gasteiger partial charge in [-0.15, -0.1) is 0 Å². The van der Waals surface area contributed by atoms with Crippen molar-refractivity contribution in [3.05, 3.63) is 107 Å². The summed E-state index contributed by atoms with van der Waals surface area (Å²) in [5, 5.41) is 24.4. The Hall–Kier alpha value is -4.64. The van der Waals surface area contributed by atoms with Gasteiger partial charge in [0.1, 0.15) is 16.9 Å². The van der Waals surface area contributed by atoms with Crippen LogP contribution in [0.25, 0.3) is 49.1 Å². The van der Waals surface area contributed by atoms with Crippen LogP contribution in [0.2, 0.25) is 0 Å². The first-order valence-corrected chi connectivity index (χ1v) is 12.7. The number of carboxylic acids is 1. The topological polar surface area (TPSA) is 87.7 Å². The quantitative estimate of drug-likeness (QED) is 0.110. The predicted octanol–water partition coefficient (Wildman–Crippen LogP) is 8.61. The number of carboxylic acid groups (broad SMARTS) is 1. The molecule has 194 valence electrons. The molecule has 0 amide bonds. The van der Waals surface area contributed by atoms with E-state index in [2.05, 4.69) is 6.58 Å². The number of benzene rings is 4. The van der Waals surface area contributed by atoms with Gasteiger partial charge >= 0.3 is 5.97 Å². The number of carbonyl (C=O) groups is 1. The Labute approximate surface area is 221 Å². The van der Waals surface area contributed by atoms with Crippen LogP contribution in [0.15, 0.2) is 100 Å². The highest BCUT2D eigenvalue weighted by molar-refractivity contribution is 6.21. The molecule has 1 heterocycles. The zero-order valence-electron chi connectivity index (χ0n) is 22.3. The lowest BCUT2D eigenvalue weighted by Crippen LogP contribution is -2.04. The lowest BCUT2D eigenvalue weighted by molar-refractivity contribution is -0.132. The van der Waals surface area contributed by atoms with Gasteiger partial charge in [0.2, 0.25) is 0 Å². The fourth-order valence-corrected chi connectivity index (χ4v) is 4.55. The third-order valence-electron chi connectivity index (χ3n) is 6.00. The van der Waals surface area contributed by atoms with E-state index < -0.39 is 5.97 Å². The maximum absolute atomic E-state index is 12.2. The van der Waals surface area contributed by atoms with Crippen LogP contribution < -0.4 is 5.43 Å². The molecule has 0 atom stereocenters. The van der Waals surface area contributed by atoms with Gasteiger partial charge in [0, 0.05) is 27.1 Å². The Morgan fingerprint density at radius 2 is 1.34 bits per heavy atom. The smallest absolute Gasteiger partial charge is 0.336 e. The van der Waals surface area contributed by atoms with E-state index in [4.69, 9.17) is 4.42 Å². The molecule has 0 aliphatic carbocycles. The summed E-state index contributed by atoms with van der Waals surface area (Å²) in [5.74, 6) is -0.935. The van der Waals surface area contributed by atoms with Gasteiger partial charge in [0.05, 0.1) is 5.57 Å². The van der Waals surface area contributed by atoms with Crippen molar-refractivity contribution < 1.29 is 19.4 Å². The molecule has 0 saturated carbocycles. The SMILES string of the molecule is C=C/C=C(C(=O)O)\C(=C/C)c1c2ccc3cc(O)ccc3c2oc2c1ccc1cc(=O)ccc12.CC.CC. The lowest BCUT2D eigenvalue weighted by atomic mass is 9.89. The Bertz CT molecular complexity index is 1790. The number of allylic oxidation sites excluding steroid dienone is 3. The van der Waals surface area contributed by atoms with Crippen LogP contribution in [-0.4, -0.2) is 16.2 Å². The summed E-state index contributed by atoms with van der Waals surface area (Å²) >= 11 is 0. The largest absolute Gasteiger partial charge is 0.508 e. The standard InChI is InChI=1S/C29H20O5.2C2H6/c1-3-5-23(29(32)33)20(4-2)26-24-10-6-16-14-18(30)8-12-21(16)27(24)34-28-22-13-9-19(31)15-17(22)7-11-25(26)28;2*1-2/h3-15,30H,1H2,2H3,(H,32,33);2*1-2H3/b20-4+,23-5+;;. The molecule has 0 radical (unpaired) electrons. The Balaban J connectivity index is 0.000000956. The Morgan fingerprint density at radius 1 is 0.816 bits per heavy atom. The highest BCUT2D eigenvalue weighted by Gasteiger charge is 2.22. The van der Waals surface area contributed by atoms with Gasteiger partial charge in [-0.05, 0) is 77.9 Å². The minimum absolute atomic E-state index is 0.104. The summed E-state index contributed by atoms with van der Waals surface area (Å²) < 4.78 is 6.49. The third kappa shape index (κ3) is 4.96. The number of aromatic hydroxyl groups is 1. The zero-order valence-corrected chi connectivity index (χ0v) is 22.3. The van der Waals surface area contributed by atoms with Crippen LogP contribution >= 0.6 is 0 Å². The van der Waals surface area contributed by atoms with E-state index in [-0.39, 0.29) is 16.8 Å². The van der Waals surface area contributed by atoms with Crippen LogP contribution in [-0.2, 0) is 4.79 Å². The summed E-state index contributed by atoms with van der Waals surface area (Å²) in [6.45, 7) is 13.5. The molecule has 0 unspecified atom stereocenters. The first-order chi connectivity index (χ1) is 18.4. The molecule has 0 bridgehead atoms. The molecule has 0 aliphatic heterocycles. The van der Waals surface area contributed by atoms with Gasteiger partial charge in [-0.2, -0.15) is 0 Å². The molecule has 38 heavy (non-hydrogen) atoms. The van der Waals surface area contributed by atoms with Crippen LogP contribution in [0.4, 0.5) is 0 Å². The van der Waals surface area contributed by atoms with E-state index in [0.717, 1.165) is 32.3 Å². The van der Waals surface area contributed by atoms with Gasteiger partial charge < -0.3 is 14.6 Å². The second-order valence-electron chi connectivity index (χ2n) is 7.97. The highest BCUT2D eigenvalue weighted by atomic mass is 16.4. The number of hydrogen-bond donors (Lipinski definition) is 2. The van der Waals surface area contributed by atoms with Crippen molar-refractivity contribution in [3.63, 3.8) is 0 Å². The maximum atomic E-state index is 12.2. The van der Waals surface area contributed by atoms with E-state index in [1.165, 1.54) is 18.2 Å². The molecule has 1 aromatic heterocycles. The van der Waals surface area contributed by atoms with E-state index in [1.807, 2.05) is 52.0 Å². The fourth-order valence-electron chi connectivity index (χ4n) is 4.55. The Morgan fingerprint density at radius 3 is 1.87 bits per heavy atom. The number of rotatable bonds is 4. The Kier molecular flexibility index (Phi) is 8.87. The number of phenolic OH excluding ortho intramolecular Hbond substituents is 1. The van der Waals surface area contributed by atoms with Crippen molar-refractivity contribution in [2.45, 2.75) is 34.6 Å². The normalized spacial score (nSPS) is 11.6. The minimum atomic E-state index is -1.07. The van der Waals surface area contributed by atoms with Crippen LogP contribution in [0.1, 0.15) is 40.2 Å². The summed E-state index contributed by atoms with van der Waals surface area (Å²) in [5.41, 5.74) is 2.33. The molecule has 0 fully saturated rings. The molecule has 4 aromatic carbocycles. The molecule has 5 rings (SSSR count). The second-order valence-corrected chi connectivity index (χ2v) is 7.97. The van der Waals surface area contributed by atoms with Crippen molar-refractivity contribution in [2.75, 3.05) is 0 Å². The average molecular weight is 509 g/mol. The summed E-state index contributed by atoms with van der Waals surface area (Å²) in [6.07, 6.45) is 4.70. The number of hydrogen-bond acceptors (Lipinski definition) is 4. The monoisotopic (exact) mass is 508 g/mol. The average Bonchev–Trinajstić information content (AvgIpc) is 2.94. The van der Waals surface area contributed by atoms with Gasteiger partial charge in [0.25, 0.3) is 0 Å². The minimum Gasteiger partial charge on any atom is -0.508 e. The summed E-state index contributed by atoms with van der Waals surface area (Å²) in [6, 6.07) is 17.2. The molecular formula is C33H32O5. The fraction of sp³-hybridized carbons (Fsp3) is 0.152. The molecule has 0 spiro atoms. The summed E-state index contributed by atoms with van der Waals surface area (Å²) in [7, 11) is 0. The zero-order chi connectivity index (χ0) is 28.0. The van der Waals surface area contributed by atoms with Crippen molar-refractivity contribution in [1.82, 2.24) is 0 Å². The molecule has 0 aliphatic rings. The molecule has 0 saturated heterocycles. The van der Waals surface area contributed by atoms with Crippen LogP contribution in [0.3, 0.4) is 0 Å². The van der Waals surface area contributed by atoms with Gasteiger partial charge in [-0.1, -0.05) is 58.6 Å². The van der Waals surface area contributed by atoms with Crippen molar-refractivity contribution in [1.29, 1.82) is 0 Å². The number of aliphatic carboxylic acids is 1. The van der Waals surface area contributed by atoms with Crippen LogP contribution in [0, 0.1) is 0 Å². The first kappa shape index (κ1) is 27.9. The predicted molar refractivity (Wildman–Crippen MR) is 159 cm³/mol. The maximum Gasteiger partial charge on any atom is 0.336 e. The third-order valence-corrected chi connectivity index (χ3v) is 6.00. The van der Waals surface area contributed by atoms with E-state index >= 15 is 0 Å². The van der Waals surface area contributed by atoms with Gasteiger partial charge in [0.15, 0.2) is 5.43 Å². The van der Waals surface area contributed by atoms with E-state index in [0.29, 0.717) is 22.3 Å². The highest BCUT2D eigenvalue weighted by Crippen LogP contribution is 2.41. The molecule has 5 heteroatoms. The second kappa shape index (κ2) is 12.1. The van der Waals surface area contributed by atoms with E-state index in [9.17, 15) is 19.8 Å². The van der Waals surface area contributed by atoms with Gasteiger partial charge in [-0.3, -0.25) is 4.79 Å². The number of fused-ring (bicyclic) bond motifs is 6. The van der Waals surface area contributed by atoms with Crippen molar-refractivity contribution in [3.8, 4) is 5.75 Å². The summed E-state index contributed by atoms with van der Waals surface area (Å²) in [4.78, 5) is 24.1. The molecule has 2 N–H and O–H groups in total. The first-order valence-electron chi connectivity index (χ1n) is 12.7. The van der Waals surface area contributed by atoms with Crippen LogP contribution in [0.5, 0.6) is 5.75 Å². The number of phenols is 1. The van der Waals surface area contributed by atoms with Crippen molar-refractivity contribution in [2.24, 2.45) is 0 Å². The van der Waals surface area contributed by atoms with Gasteiger partial charge in [-0.25, -0.2) is 4.79 Å². The molecule has 5 aromatic rings. The van der Waals surface area contributed by atoms with Crippen molar-refractivity contribution >= 4 is 55.0 Å². The van der Waals surface area contributed by atoms with E-state index in [1.54, 1.807) is 43.3 Å². The molecule has 5 nitrogen and oxygen atoms in total. The molecular weight excluding hydrogens is 476 g/mol.